The van der Waals surface area contributed by atoms with Gasteiger partial charge >= 0.3 is 0 Å². The molecular weight excluding hydrogens is 248 g/mol. The Labute approximate surface area is 126 Å². The zero-order chi connectivity index (χ0) is 15.2. The van der Waals surface area contributed by atoms with Crippen LogP contribution in [-0.2, 0) is 4.79 Å². The smallest absolute Gasteiger partial charge is 0.236 e. The Kier molecular flexibility index (Phi) is 13.0. The summed E-state index contributed by atoms with van der Waals surface area (Å²) >= 11 is 0. The van der Waals surface area contributed by atoms with Crippen molar-refractivity contribution < 1.29 is 4.79 Å². The van der Waals surface area contributed by atoms with E-state index in [1.165, 1.54) is 51.4 Å². The lowest BCUT2D eigenvalue weighted by molar-refractivity contribution is -0.122. The fourth-order valence-corrected chi connectivity index (χ4v) is 2.13. The fraction of sp³-hybridized carbons (Fsp3) is 0.941. The highest BCUT2D eigenvalue weighted by atomic mass is 16.2. The van der Waals surface area contributed by atoms with E-state index in [-0.39, 0.29) is 11.9 Å². The quantitative estimate of drug-likeness (QED) is 0.504. The van der Waals surface area contributed by atoms with Gasteiger partial charge in [-0.15, -0.1) is 0 Å². The summed E-state index contributed by atoms with van der Waals surface area (Å²) in [7, 11) is 0. The van der Waals surface area contributed by atoms with Gasteiger partial charge in [0.05, 0.1) is 6.04 Å². The van der Waals surface area contributed by atoms with Gasteiger partial charge < -0.3 is 10.6 Å². The van der Waals surface area contributed by atoms with Crippen LogP contribution in [0, 0.1) is 5.92 Å². The van der Waals surface area contributed by atoms with Gasteiger partial charge in [0, 0.05) is 6.54 Å². The summed E-state index contributed by atoms with van der Waals surface area (Å²) in [5.74, 6) is 0.636. The summed E-state index contributed by atoms with van der Waals surface area (Å²) in [4.78, 5) is 11.7. The first kappa shape index (κ1) is 19.4. The summed E-state index contributed by atoms with van der Waals surface area (Å²) in [6, 6.07) is -0.0710. The molecule has 0 rings (SSSR count). The lowest BCUT2D eigenvalue weighted by Gasteiger charge is -2.15. The maximum atomic E-state index is 11.7. The first-order valence-corrected chi connectivity index (χ1v) is 8.59. The maximum Gasteiger partial charge on any atom is 0.236 e. The minimum absolute atomic E-state index is 0.0710. The van der Waals surface area contributed by atoms with Crippen molar-refractivity contribution in [1.82, 2.24) is 10.6 Å². The van der Waals surface area contributed by atoms with Gasteiger partial charge in [-0.3, -0.25) is 4.79 Å². The lowest BCUT2D eigenvalue weighted by atomic mass is 10.1. The number of carbonyl (C=O) groups is 1. The van der Waals surface area contributed by atoms with Crippen LogP contribution in [-0.4, -0.2) is 25.0 Å². The van der Waals surface area contributed by atoms with Crippen LogP contribution in [0.2, 0.25) is 0 Å². The minimum atomic E-state index is -0.0710. The second-order valence-corrected chi connectivity index (χ2v) is 6.29. The monoisotopic (exact) mass is 284 g/mol. The average Bonchev–Trinajstić information content (AvgIpc) is 2.42. The number of carbonyl (C=O) groups excluding carboxylic acids is 1. The summed E-state index contributed by atoms with van der Waals surface area (Å²) in [6.07, 6.45) is 10.6. The van der Waals surface area contributed by atoms with Crippen LogP contribution in [0.4, 0.5) is 0 Å². The molecule has 3 nitrogen and oxygen atoms in total. The summed E-state index contributed by atoms with van der Waals surface area (Å²) in [5, 5.41) is 6.27. The van der Waals surface area contributed by atoms with E-state index in [1.54, 1.807) is 0 Å². The Balaban J connectivity index is 3.34. The normalized spacial score (nSPS) is 12.7. The van der Waals surface area contributed by atoms with E-state index < -0.39 is 0 Å². The highest BCUT2D eigenvalue weighted by Crippen LogP contribution is 2.07. The second-order valence-electron chi connectivity index (χ2n) is 6.29. The molecule has 0 radical (unpaired) electrons. The molecule has 0 aliphatic rings. The van der Waals surface area contributed by atoms with E-state index in [9.17, 15) is 4.79 Å². The molecule has 0 aromatic heterocycles. The Morgan fingerprint density at radius 2 is 1.45 bits per heavy atom. The van der Waals surface area contributed by atoms with Crippen LogP contribution in [0.3, 0.4) is 0 Å². The van der Waals surface area contributed by atoms with Gasteiger partial charge in [0.15, 0.2) is 0 Å². The molecule has 3 heteroatoms. The molecule has 0 heterocycles. The highest BCUT2D eigenvalue weighted by Gasteiger charge is 2.11. The van der Waals surface area contributed by atoms with Crippen LogP contribution in [0.25, 0.3) is 0 Å². The van der Waals surface area contributed by atoms with Crippen LogP contribution in [0.15, 0.2) is 0 Å². The van der Waals surface area contributed by atoms with Crippen molar-refractivity contribution in [2.24, 2.45) is 5.92 Å². The van der Waals surface area contributed by atoms with Gasteiger partial charge in [0.2, 0.25) is 5.91 Å². The van der Waals surface area contributed by atoms with Crippen molar-refractivity contribution in [2.45, 2.75) is 85.1 Å². The summed E-state index contributed by atoms with van der Waals surface area (Å²) in [6.45, 7) is 10.1. The first-order valence-electron chi connectivity index (χ1n) is 8.59. The number of amides is 1. The van der Waals surface area contributed by atoms with Crippen molar-refractivity contribution in [3.63, 3.8) is 0 Å². The third kappa shape index (κ3) is 12.5. The van der Waals surface area contributed by atoms with Crippen molar-refractivity contribution in [2.75, 3.05) is 13.1 Å². The molecule has 0 aromatic rings. The standard InChI is InChI=1S/C17H36N2O/c1-5-6-7-8-9-10-11-12-13-18-16(4)17(20)19-14-15(2)3/h15-16,18H,5-14H2,1-4H3,(H,19,20). The first-order chi connectivity index (χ1) is 9.57. The second kappa shape index (κ2) is 13.4. The topological polar surface area (TPSA) is 41.1 Å². The minimum Gasteiger partial charge on any atom is -0.354 e. The average molecular weight is 284 g/mol. The zero-order valence-corrected chi connectivity index (χ0v) is 14.1. The molecule has 0 aliphatic carbocycles. The molecule has 0 fully saturated rings. The van der Waals surface area contributed by atoms with Crippen LogP contribution in [0.1, 0.15) is 79.1 Å². The van der Waals surface area contributed by atoms with Gasteiger partial charge in [0.25, 0.3) is 0 Å². The molecule has 0 saturated carbocycles. The molecular formula is C17H36N2O. The van der Waals surface area contributed by atoms with Gasteiger partial charge in [-0.05, 0) is 25.8 Å². The largest absolute Gasteiger partial charge is 0.354 e. The van der Waals surface area contributed by atoms with Crippen LogP contribution < -0.4 is 10.6 Å². The highest BCUT2D eigenvalue weighted by molar-refractivity contribution is 5.81. The SMILES string of the molecule is CCCCCCCCCCNC(C)C(=O)NCC(C)C. The molecule has 1 unspecified atom stereocenters. The molecule has 0 aromatic carbocycles. The predicted molar refractivity (Wildman–Crippen MR) is 87.9 cm³/mol. The van der Waals surface area contributed by atoms with Crippen LogP contribution in [0.5, 0.6) is 0 Å². The number of hydrogen-bond acceptors (Lipinski definition) is 2. The summed E-state index contributed by atoms with van der Waals surface area (Å²) in [5.41, 5.74) is 0. The van der Waals surface area contributed by atoms with E-state index in [4.69, 9.17) is 0 Å². The van der Waals surface area contributed by atoms with E-state index in [0.717, 1.165) is 13.1 Å². The van der Waals surface area contributed by atoms with E-state index in [0.29, 0.717) is 5.92 Å². The Morgan fingerprint density at radius 3 is 2.00 bits per heavy atom. The van der Waals surface area contributed by atoms with E-state index >= 15 is 0 Å². The number of rotatable bonds is 13. The third-order valence-corrected chi connectivity index (χ3v) is 3.56. The van der Waals surface area contributed by atoms with Crippen molar-refractivity contribution in [1.29, 1.82) is 0 Å². The number of nitrogens with one attached hydrogen (secondary N) is 2. The molecule has 0 spiro atoms. The van der Waals surface area contributed by atoms with Crippen molar-refractivity contribution >= 4 is 5.91 Å². The molecule has 0 aliphatic heterocycles. The van der Waals surface area contributed by atoms with Crippen molar-refractivity contribution in [3.05, 3.63) is 0 Å². The van der Waals surface area contributed by atoms with Crippen LogP contribution >= 0.6 is 0 Å². The van der Waals surface area contributed by atoms with Gasteiger partial charge in [0.1, 0.15) is 0 Å². The Hall–Kier alpha value is -0.570. The zero-order valence-electron chi connectivity index (χ0n) is 14.1. The maximum absolute atomic E-state index is 11.7. The van der Waals surface area contributed by atoms with Crippen molar-refractivity contribution in [3.8, 4) is 0 Å². The molecule has 20 heavy (non-hydrogen) atoms. The Morgan fingerprint density at radius 1 is 0.900 bits per heavy atom. The number of unbranched alkanes of at least 4 members (excludes halogenated alkanes) is 7. The third-order valence-electron chi connectivity index (χ3n) is 3.56. The molecule has 0 saturated heterocycles. The molecule has 1 amide bonds. The fourth-order valence-electron chi connectivity index (χ4n) is 2.13. The molecule has 1 atom stereocenters. The summed E-state index contributed by atoms with van der Waals surface area (Å²) < 4.78 is 0. The molecule has 2 N–H and O–H groups in total. The lowest BCUT2D eigenvalue weighted by Crippen LogP contribution is -2.43. The van der Waals surface area contributed by atoms with Gasteiger partial charge in [-0.1, -0.05) is 65.7 Å². The predicted octanol–water partition coefficient (Wildman–Crippen LogP) is 3.88. The van der Waals surface area contributed by atoms with E-state index in [2.05, 4.69) is 31.4 Å². The van der Waals surface area contributed by atoms with Gasteiger partial charge in [-0.25, -0.2) is 0 Å². The van der Waals surface area contributed by atoms with E-state index in [1.807, 2.05) is 6.92 Å². The molecule has 0 bridgehead atoms. The Bertz CT molecular complexity index is 229. The van der Waals surface area contributed by atoms with Gasteiger partial charge in [-0.2, -0.15) is 0 Å². The molecule has 120 valence electrons. The number of hydrogen-bond donors (Lipinski definition) is 2.